The minimum absolute atomic E-state index is 0.0648. The van der Waals surface area contributed by atoms with Crippen molar-refractivity contribution in [3.63, 3.8) is 0 Å². The maximum Gasteiger partial charge on any atom is 0.183 e. The summed E-state index contributed by atoms with van der Waals surface area (Å²) >= 11 is 0. The first-order valence-corrected chi connectivity index (χ1v) is 8.20. The van der Waals surface area contributed by atoms with Crippen LogP contribution in [0.5, 0.6) is 0 Å². The van der Waals surface area contributed by atoms with Crippen molar-refractivity contribution in [2.75, 3.05) is 26.3 Å². The van der Waals surface area contributed by atoms with Crippen LogP contribution in [0.15, 0.2) is 22.1 Å². The average Bonchev–Trinajstić information content (AvgIpc) is 3.19. The summed E-state index contributed by atoms with van der Waals surface area (Å²) in [6.07, 6.45) is 1.66. The summed E-state index contributed by atoms with van der Waals surface area (Å²) in [5, 5.41) is 0. The van der Waals surface area contributed by atoms with Crippen LogP contribution >= 0.6 is 0 Å². The summed E-state index contributed by atoms with van der Waals surface area (Å²) in [4.78, 5) is 29.0. The number of ether oxygens (including phenoxy) is 2. The zero-order chi connectivity index (χ0) is 18.5. The van der Waals surface area contributed by atoms with Gasteiger partial charge in [-0.1, -0.05) is 13.5 Å². The van der Waals surface area contributed by atoms with Crippen molar-refractivity contribution in [3.8, 4) is 0 Å². The van der Waals surface area contributed by atoms with Gasteiger partial charge in [-0.2, -0.15) is 0 Å². The van der Waals surface area contributed by atoms with Crippen molar-refractivity contribution in [3.05, 3.63) is 12.2 Å². The molecule has 2 aliphatic heterocycles. The highest BCUT2D eigenvalue weighted by Gasteiger charge is 2.12. The van der Waals surface area contributed by atoms with Crippen molar-refractivity contribution in [1.82, 2.24) is 0 Å². The molecule has 0 N–H and O–H groups in total. The second-order valence-electron chi connectivity index (χ2n) is 5.76. The van der Waals surface area contributed by atoms with E-state index in [-0.39, 0.29) is 17.5 Å². The first kappa shape index (κ1) is 22.0. The minimum Gasteiger partial charge on any atom is -0.479 e. The number of Topliss-reactive ketones (excluding diaryl/α,β-unsaturated/α-hetero) is 2. The predicted molar refractivity (Wildman–Crippen MR) is 96.8 cm³/mol. The second-order valence-corrected chi connectivity index (χ2v) is 5.76. The topological polar surface area (TPSA) is 77.3 Å². The van der Waals surface area contributed by atoms with Crippen molar-refractivity contribution >= 4 is 23.4 Å². The smallest absolute Gasteiger partial charge is 0.183 e. The summed E-state index contributed by atoms with van der Waals surface area (Å²) in [7, 11) is 0. The number of rotatable bonds is 5. The van der Waals surface area contributed by atoms with Crippen LogP contribution in [0.2, 0.25) is 0 Å². The van der Waals surface area contributed by atoms with Gasteiger partial charge in [0.2, 0.25) is 0 Å². The number of nitrogens with zero attached hydrogens (tertiary/aromatic N) is 2. The Morgan fingerprint density at radius 2 is 1.67 bits per heavy atom. The van der Waals surface area contributed by atoms with E-state index < -0.39 is 0 Å². The molecule has 2 heterocycles. The normalized spacial score (nSPS) is 16.0. The molecule has 136 valence electrons. The van der Waals surface area contributed by atoms with Gasteiger partial charge in [0, 0.05) is 19.3 Å². The Labute approximate surface area is 145 Å². The molecule has 0 radical (unpaired) electrons. The van der Waals surface area contributed by atoms with E-state index in [1.54, 1.807) is 13.8 Å². The molecule has 0 saturated heterocycles. The van der Waals surface area contributed by atoms with E-state index in [4.69, 9.17) is 9.47 Å². The van der Waals surface area contributed by atoms with Gasteiger partial charge < -0.3 is 9.47 Å². The van der Waals surface area contributed by atoms with Crippen molar-refractivity contribution < 1.29 is 19.1 Å². The molecule has 0 aromatic rings. The number of hydrogen-bond donors (Lipinski definition) is 0. The van der Waals surface area contributed by atoms with E-state index >= 15 is 0 Å². The van der Waals surface area contributed by atoms with E-state index in [0.717, 1.165) is 44.3 Å². The molecule has 1 unspecified atom stereocenters. The maximum atomic E-state index is 10.9. The van der Waals surface area contributed by atoms with Crippen molar-refractivity contribution in [1.29, 1.82) is 0 Å². The summed E-state index contributed by atoms with van der Waals surface area (Å²) < 4.78 is 10.1. The molecule has 0 aliphatic carbocycles. The molecule has 0 bridgehead atoms. The fourth-order valence-corrected chi connectivity index (χ4v) is 1.52. The summed E-state index contributed by atoms with van der Waals surface area (Å²) in [6, 6.07) is 0. The Kier molecular flexibility index (Phi) is 11.4. The molecule has 0 aromatic carbocycles. The number of ketones is 2. The molecule has 0 spiro atoms. The Balaban J connectivity index is 0.000000371. The summed E-state index contributed by atoms with van der Waals surface area (Å²) in [5.74, 6) is 2.10. The highest BCUT2D eigenvalue weighted by Crippen LogP contribution is 2.10. The van der Waals surface area contributed by atoms with Crippen molar-refractivity contribution in [2.24, 2.45) is 15.9 Å². The number of carbonyl (C=O) groups excluding carboxylic acids is 2. The average molecular weight is 338 g/mol. The Bertz CT molecular complexity index is 483. The molecular formula is C18H30N2O4. The van der Waals surface area contributed by atoms with Crippen LogP contribution in [0.3, 0.4) is 0 Å². The van der Waals surface area contributed by atoms with Gasteiger partial charge in [-0.3, -0.25) is 19.6 Å². The van der Waals surface area contributed by atoms with Crippen molar-refractivity contribution in [2.45, 2.75) is 47.5 Å². The Morgan fingerprint density at radius 1 is 1.12 bits per heavy atom. The molecule has 24 heavy (non-hydrogen) atoms. The van der Waals surface area contributed by atoms with Crippen LogP contribution in [0.1, 0.15) is 47.5 Å². The highest BCUT2D eigenvalue weighted by molar-refractivity contribution is 5.91. The van der Waals surface area contributed by atoms with Gasteiger partial charge >= 0.3 is 0 Å². The third kappa shape index (κ3) is 11.6. The van der Waals surface area contributed by atoms with Gasteiger partial charge in [0.1, 0.15) is 19.0 Å². The molecule has 2 rings (SSSR count). The number of aliphatic imine (C=N–C) groups is 2. The first-order valence-electron chi connectivity index (χ1n) is 8.20. The van der Waals surface area contributed by atoms with Crippen LogP contribution in [0.4, 0.5) is 0 Å². The lowest BCUT2D eigenvalue weighted by atomic mass is 10.0. The third-order valence-corrected chi connectivity index (χ3v) is 3.47. The number of allylic oxidation sites excluding steroid dienone is 1. The lowest BCUT2D eigenvalue weighted by Gasteiger charge is -2.06. The lowest BCUT2D eigenvalue weighted by Crippen LogP contribution is -2.09. The monoisotopic (exact) mass is 338 g/mol. The standard InChI is InChI=1S/C9H15NO2.C5H8O.C4H7NO/c1-7(8(2)11)3-4-9-10-5-6-12-9;1-4(2)5(3)6;1-4-5-2-3-6-4/h7H,3-6H2,1-2H3;1H2,2-3H3;2-3H2,1H3. The van der Waals surface area contributed by atoms with Crippen LogP contribution < -0.4 is 0 Å². The van der Waals surface area contributed by atoms with Gasteiger partial charge in [-0.05, 0) is 32.8 Å². The number of hydrogen-bond acceptors (Lipinski definition) is 6. The van der Waals surface area contributed by atoms with E-state index in [2.05, 4.69) is 16.6 Å². The van der Waals surface area contributed by atoms with Gasteiger partial charge in [0.15, 0.2) is 17.6 Å². The van der Waals surface area contributed by atoms with E-state index in [9.17, 15) is 9.59 Å². The largest absolute Gasteiger partial charge is 0.479 e. The second kappa shape index (κ2) is 12.4. The molecule has 0 amide bonds. The molecule has 1 atom stereocenters. The molecule has 0 fully saturated rings. The Morgan fingerprint density at radius 3 is 1.96 bits per heavy atom. The third-order valence-electron chi connectivity index (χ3n) is 3.47. The SMILES string of the molecule is C=C(C)C(C)=O.CC(=O)C(C)CCC1=NCCO1.CC1=NCCO1. The van der Waals surface area contributed by atoms with E-state index in [1.165, 1.54) is 6.92 Å². The molecule has 2 aliphatic rings. The van der Waals surface area contributed by atoms with Gasteiger partial charge in [0.05, 0.1) is 13.1 Å². The van der Waals surface area contributed by atoms with Crippen LogP contribution in [-0.2, 0) is 19.1 Å². The minimum atomic E-state index is 0.0648. The highest BCUT2D eigenvalue weighted by atomic mass is 16.5. The zero-order valence-corrected chi connectivity index (χ0v) is 15.6. The maximum absolute atomic E-state index is 10.9. The molecule has 6 heteroatoms. The summed E-state index contributed by atoms with van der Waals surface area (Å²) in [5.41, 5.74) is 0.620. The predicted octanol–water partition coefficient (Wildman–Crippen LogP) is 3.01. The fraction of sp³-hybridized carbons (Fsp3) is 0.667. The number of carbonyl (C=O) groups is 2. The lowest BCUT2D eigenvalue weighted by molar-refractivity contribution is -0.120. The zero-order valence-electron chi connectivity index (χ0n) is 15.6. The molecule has 6 nitrogen and oxygen atoms in total. The van der Waals surface area contributed by atoms with Crippen LogP contribution in [0, 0.1) is 5.92 Å². The molecular weight excluding hydrogens is 308 g/mol. The molecule has 0 saturated carbocycles. The van der Waals surface area contributed by atoms with Crippen LogP contribution in [-0.4, -0.2) is 49.7 Å². The summed E-state index contributed by atoms with van der Waals surface area (Å²) in [6.45, 7) is 15.2. The van der Waals surface area contributed by atoms with Gasteiger partial charge in [-0.15, -0.1) is 0 Å². The first-order chi connectivity index (χ1) is 11.2. The van der Waals surface area contributed by atoms with Crippen LogP contribution in [0.25, 0.3) is 0 Å². The van der Waals surface area contributed by atoms with Gasteiger partial charge in [-0.25, -0.2) is 0 Å². The van der Waals surface area contributed by atoms with Gasteiger partial charge in [0.25, 0.3) is 0 Å². The van der Waals surface area contributed by atoms with E-state index in [1.807, 2.05) is 13.8 Å². The molecule has 0 aromatic heterocycles. The Hall–Kier alpha value is -1.98. The quantitative estimate of drug-likeness (QED) is 0.722. The van der Waals surface area contributed by atoms with E-state index in [0.29, 0.717) is 12.2 Å². The fourth-order valence-electron chi connectivity index (χ4n) is 1.52.